The molecule has 4 heteroatoms. The van der Waals surface area contributed by atoms with Crippen LogP contribution in [0.2, 0.25) is 0 Å². The molecule has 1 amide bonds. The number of amides is 1. The Kier molecular flexibility index (Phi) is 3.92. The van der Waals surface area contributed by atoms with E-state index in [0.29, 0.717) is 12.5 Å². The zero-order valence-corrected chi connectivity index (χ0v) is 8.78. The zero-order chi connectivity index (χ0) is 10.6. The van der Waals surface area contributed by atoms with Crippen LogP contribution in [-0.2, 0) is 14.3 Å². The molecule has 0 radical (unpaired) electrons. The number of hydrogen-bond acceptors (Lipinski definition) is 3. The molecule has 0 unspecified atom stereocenters. The minimum Gasteiger partial charge on any atom is -0.462 e. The Morgan fingerprint density at radius 2 is 1.93 bits per heavy atom. The van der Waals surface area contributed by atoms with Crippen LogP contribution in [0.15, 0.2) is 0 Å². The molecular weight excluding hydrogens is 182 g/mol. The van der Waals surface area contributed by atoms with Crippen molar-refractivity contribution in [1.82, 2.24) is 4.90 Å². The average Bonchev–Trinajstić information content (AvgIpc) is 2.68. The summed E-state index contributed by atoms with van der Waals surface area (Å²) in [6.07, 6.45) is 4.81. The van der Waals surface area contributed by atoms with E-state index in [2.05, 4.69) is 4.74 Å². The molecule has 0 aromatic carbocycles. The Hall–Kier alpha value is -1.06. The molecule has 0 aliphatic heterocycles. The van der Waals surface area contributed by atoms with Gasteiger partial charge in [-0.1, -0.05) is 12.8 Å². The Morgan fingerprint density at radius 1 is 1.36 bits per heavy atom. The van der Waals surface area contributed by atoms with E-state index >= 15 is 0 Å². The molecule has 0 heterocycles. The summed E-state index contributed by atoms with van der Waals surface area (Å²) >= 11 is 0. The average molecular weight is 199 g/mol. The van der Waals surface area contributed by atoms with Gasteiger partial charge in [0.1, 0.15) is 0 Å². The van der Waals surface area contributed by atoms with Crippen molar-refractivity contribution >= 4 is 11.9 Å². The summed E-state index contributed by atoms with van der Waals surface area (Å²) in [5.74, 6) is -0.751. The summed E-state index contributed by atoms with van der Waals surface area (Å²) in [5, 5.41) is 0. The van der Waals surface area contributed by atoms with Crippen LogP contribution in [0.5, 0.6) is 0 Å². The van der Waals surface area contributed by atoms with Gasteiger partial charge in [-0.05, 0) is 18.8 Å². The number of carbonyl (C=O) groups excluding carboxylic acids is 2. The summed E-state index contributed by atoms with van der Waals surface area (Å²) in [7, 11) is 2.88. The van der Waals surface area contributed by atoms with E-state index in [4.69, 9.17) is 0 Å². The standard InChI is InChI=1S/C10H17NO3/c1-11(9(12)10(13)14-2)7-8-5-3-4-6-8/h8H,3-7H2,1-2H3. The topological polar surface area (TPSA) is 46.6 Å². The number of hydrogen-bond donors (Lipinski definition) is 0. The fraction of sp³-hybridized carbons (Fsp3) is 0.800. The fourth-order valence-corrected chi connectivity index (χ4v) is 1.91. The number of likely N-dealkylation sites (N-methyl/N-ethyl adjacent to an activating group) is 1. The second-order valence-electron chi connectivity index (χ2n) is 3.83. The number of nitrogens with zero attached hydrogens (tertiary/aromatic N) is 1. The third kappa shape index (κ3) is 2.72. The molecule has 14 heavy (non-hydrogen) atoms. The number of ether oxygens (including phenoxy) is 1. The van der Waals surface area contributed by atoms with Gasteiger partial charge < -0.3 is 9.64 Å². The number of carbonyl (C=O) groups is 2. The monoisotopic (exact) mass is 199 g/mol. The Bertz CT molecular complexity index is 221. The van der Waals surface area contributed by atoms with Crippen LogP contribution in [0.4, 0.5) is 0 Å². The minimum atomic E-state index is -0.773. The van der Waals surface area contributed by atoms with Gasteiger partial charge in [-0.25, -0.2) is 4.79 Å². The van der Waals surface area contributed by atoms with Crippen LogP contribution in [0.1, 0.15) is 25.7 Å². The minimum absolute atomic E-state index is 0.542. The summed E-state index contributed by atoms with van der Waals surface area (Å²) in [4.78, 5) is 23.7. The highest BCUT2D eigenvalue weighted by molar-refractivity contribution is 6.32. The predicted octanol–water partition coefficient (Wildman–Crippen LogP) is 0.808. The highest BCUT2D eigenvalue weighted by Crippen LogP contribution is 2.25. The Labute approximate surface area is 84.2 Å². The maximum absolute atomic E-state index is 11.3. The second kappa shape index (κ2) is 4.98. The maximum Gasteiger partial charge on any atom is 0.396 e. The lowest BCUT2D eigenvalue weighted by Gasteiger charge is -2.19. The van der Waals surface area contributed by atoms with E-state index in [-0.39, 0.29) is 0 Å². The van der Waals surface area contributed by atoms with E-state index in [1.54, 1.807) is 7.05 Å². The van der Waals surface area contributed by atoms with Crippen molar-refractivity contribution in [3.63, 3.8) is 0 Å². The molecule has 1 saturated carbocycles. The molecule has 0 saturated heterocycles. The number of rotatable bonds is 2. The van der Waals surface area contributed by atoms with Crippen LogP contribution in [0, 0.1) is 5.92 Å². The van der Waals surface area contributed by atoms with Crippen molar-refractivity contribution in [2.45, 2.75) is 25.7 Å². The third-order valence-corrected chi connectivity index (χ3v) is 2.71. The first-order chi connectivity index (χ1) is 6.65. The Balaban J connectivity index is 2.36. The molecule has 0 aromatic heterocycles. The highest BCUT2D eigenvalue weighted by Gasteiger charge is 2.23. The van der Waals surface area contributed by atoms with E-state index in [1.165, 1.54) is 37.7 Å². The van der Waals surface area contributed by atoms with Crippen molar-refractivity contribution < 1.29 is 14.3 Å². The summed E-state index contributed by atoms with van der Waals surface area (Å²) in [6.45, 7) is 0.675. The van der Waals surface area contributed by atoms with Crippen LogP contribution in [0.25, 0.3) is 0 Å². The normalized spacial score (nSPS) is 16.7. The van der Waals surface area contributed by atoms with Gasteiger partial charge in [0.15, 0.2) is 0 Å². The SMILES string of the molecule is COC(=O)C(=O)N(C)CC1CCCC1. The zero-order valence-electron chi connectivity index (χ0n) is 8.78. The van der Waals surface area contributed by atoms with E-state index < -0.39 is 11.9 Å². The van der Waals surface area contributed by atoms with Crippen molar-refractivity contribution in [3.8, 4) is 0 Å². The maximum atomic E-state index is 11.3. The molecule has 0 spiro atoms. The van der Waals surface area contributed by atoms with Gasteiger partial charge in [0, 0.05) is 13.6 Å². The number of methoxy groups -OCH3 is 1. The van der Waals surface area contributed by atoms with Crippen molar-refractivity contribution in [1.29, 1.82) is 0 Å². The van der Waals surface area contributed by atoms with Crippen molar-refractivity contribution in [2.75, 3.05) is 20.7 Å². The molecule has 80 valence electrons. The molecular formula is C10H17NO3. The lowest BCUT2D eigenvalue weighted by Crippen LogP contribution is -2.36. The first kappa shape index (κ1) is 11.0. The van der Waals surface area contributed by atoms with Crippen LogP contribution >= 0.6 is 0 Å². The second-order valence-corrected chi connectivity index (χ2v) is 3.83. The molecule has 1 aliphatic carbocycles. The quantitative estimate of drug-likeness (QED) is 0.488. The van der Waals surface area contributed by atoms with Crippen LogP contribution in [-0.4, -0.2) is 37.5 Å². The fourth-order valence-electron chi connectivity index (χ4n) is 1.91. The number of esters is 1. The lowest BCUT2D eigenvalue weighted by atomic mass is 10.1. The first-order valence-corrected chi connectivity index (χ1v) is 4.98. The van der Waals surface area contributed by atoms with E-state index in [9.17, 15) is 9.59 Å². The third-order valence-electron chi connectivity index (χ3n) is 2.71. The summed E-state index contributed by atoms with van der Waals surface area (Å²) in [6, 6.07) is 0. The smallest absolute Gasteiger partial charge is 0.396 e. The van der Waals surface area contributed by atoms with Gasteiger partial charge in [-0.15, -0.1) is 0 Å². The van der Waals surface area contributed by atoms with Gasteiger partial charge in [0.25, 0.3) is 0 Å². The summed E-state index contributed by atoms with van der Waals surface area (Å²) in [5.41, 5.74) is 0. The largest absolute Gasteiger partial charge is 0.462 e. The van der Waals surface area contributed by atoms with Crippen LogP contribution < -0.4 is 0 Å². The molecule has 0 bridgehead atoms. The molecule has 4 nitrogen and oxygen atoms in total. The predicted molar refractivity (Wildman–Crippen MR) is 51.6 cm³/mol. The van der Waals surface area contributed by atoms with Gasteiger partial charge in [0.05, 0.1) is 7.11 Å². The molecule has 0 atom stereocenters. The van der Waals surface area contributed by atoms with Gasteiger partial charge in [-0.3, -0.25) is 4.79 Å². The van der Waals surface area contributed by atoms with Gasteiger partial charge in [0.2, 0.25) is 0 Å². The molecule has 1 rings (SSSR count). The Morgan fingerprint density at radius 3 is 2.43 bits per heavy atom. The molecule has 1 fully saturated rings. The van der Waals surface area contributed by atoms with Crippen molar-refractivity contribution in [3.05, 3.63) is 0 Å². The lowest BCUT2D eigenvalue weighted by molar-refractivity contribution is -0.157. The van der Waals surface area contributed by atoms with Crippen molar-refractivity contribution in [2.24, 2.45) is 5.92 Å². The van der Waals surface area contributed by atoms with E-state index in [1.807, 2.05) is 0 Å². The summed E-state index contributed by atoms with van der Waals surface area (Å²) < 4.78 is 4.37. The first-order valence-electron chi connectivity index (χ1n) is 4.98. The molecule has 0 N–H and O–H groups in total. The van der Waals surface area contributed by atoms with Gasteiger partial charge in [-0.2, -0.15) is 0 Å². The van der Waals surface area contributed by atoms with Gasteiger partial charge >= 0.3 is 11.9 Å². The van der Waals surface area contributed by atoms with Crippen LogP contribution in [0.3, 0.4) is 0 Å². The highest BCUT2D eigenvalue weighted by atomic mass is 16.5. The van der Waals surface area contributed by atoms with E-state index in [0.717, 1.165) is 0 Å². The molecule has 1 aliphatic rings. The molecule has 0 aromatic rings.